The van der Waals surface area contributed by atoms with Crippen LogP contribution < -0.4 is 0 Å². The van der Waals surface area contributed by atoms with Gasteiger partial charge in [0.25, 0.3) is 5.91 Å². The Labute approximate surface area is 141 Å². The van der Waals surface area contributed by atoms with Crippen molar-refractivity contribution in [3.05, 3.63) is 59.9 Å². The van der Waals surface area contributed by atoms with Gasteiger partial charge < -0.3 is 9.80 Å². The van der Waals surface area contributed by atoms with Gasteiger partial charge in [-0.1, -0.05) is 6.07 Å². The smallest absolute Gasteiger partial charge is 0.272 e. The second-order valence-electron chi connectivity index (χ2n) is 6.33. The summed E-state index contributed by atoms with van der Waals surface area (Å²) in [7, 11) is 2.08. The summed E-state index contributed by atoms with van der Waals surface area (Å²) in [5, 5.41) is 0. The van der Waals surface area contributed by atoms with Crippen molar-refractivity contribution in [1.82, 2.24) is 19.8 Å². The maximum absolute atomic E-state index is 12.9. The lowest BCUT2D eigenvalue weighted by atomic mass is 10.1. The molecule has 0 saturated carbocycles. The summed E-state index contributed by atoms with van der Waals surface area (Å²) in [5.41, 5.74) is 1.49. The maximum Gasteiger partial charge on any atom is 0.272 e. The minimum Gasteiger partial charge on any atom is -0.337 e. The Hall–Kier alpha value is -2.34. The molecule has 0 aromatic carbocycles. The second kappa shape index (κ2) is 7.49. The fourth-order valence-corrected chi connectivity index (χ4v) is 3.14. The molecule has 3 rings (SSSR count). The van der Waals surface area contributed by atoms with Gasteiger partial charge in [0.05, 0.1) is 6.20 Å². The van der Waals surface area contributed by atoms with E-state index in [9.17, 15) is 9.18 Å². The van der Waals surface area contributed by atoms with Crippen molar-refractivity contribution in [1.29, 1.82) is 0 Å². The highest BCUT2D eigenvalue weighted by Gasteiger charge is 2.28. The first-order valence-electron chi connectivity index (χ1n) is 8.10. The van der Waals surface area contributed by atoms with Gasteiger partial charge in [-0.05, 0) is 43.1 Å². The van der Waals surface area contributed by atoms with Crippen LogP contribution in [0.25, 0.3) is 0 Å². The van der Waals surface area contributed by atoms with Crippen molar-refractivity contribution in [2.24, 2.45) is 5.92 Å². The van der Waals surface area contributed by atoms with Crippen molar-refractivity contribution in [2.45, 2.75) is 13.0 Å². The average molecular weight is 328 g/mol. The molecule has 0 N–H and O–H groups in total. The lowest BCUT2D eigenvalue weighted by Crippen LogP contribution is -2.32. The highest BCUT2D eigenvalue weighted by Crippen LogP contribution is 2.19. The van der Waals surface area contributed by atoms with Gasteiger partial charge in [0, 0.05) is 38.6 Å². The van der Waals surface area contributed by atoms with E-state index in [1.54, 1.807) is 6.20 Å². The van der Waals surface area contributed by atoms with E-state index in [2.05, 4.69) is 28.0 Å². The SMILES string of the molecule is CN(Cc1cccnc1)CC1CCN(C(=O)c2ccc(F)cn2)C1. The first kappa shape index (κ1) is 16.5. The van der Waals surface area contributed by atoms with Crippen molar-refractivity contribution in [2.75, 3.05) is 26.7 Å². The zero-order chi connectivity index (χ0) is 16.9. The average Bonchev–Trinajstić information content (AvgIpc) is 3.04. The van der Waals surface area contributed by atoms with Crippen LogP contribution in [0.4, 0.5) is 4.39 Å². The third kappa shape index (κ3) is 4.14. The van der Waals surface area contributed by atoms with E-state index in [0.29, 0.717) is 11.6 Å². The van der Waals surface area contributed by atoms with Gasteiger partial charge in [0.1, 0.15) is 11.5 Å². The molecule has 0 bridgehead atoms. The molecule has 24 heavy (non-hydrogen) atoms. The van der Waals surface area contributed by atoms with Gasteiger partial charge in [0.2, 0.25) is 0 Å². The zero-order valence-electron chi connectivity index (χ0n) is 13.7. The summed E-state index contributed by atoms with van der Waals surface area (Å²) >= 11 is 0. The number of aromatic nitrogens is 2. The molecular formula is C18H21FN4O. The number of amides is 1. The van der Waals surface area contributed by atoms with Gasteiger partial charge in [-0.3, -0.25) is 9.78 Å². The van der Waals surface area contributed by atoms with Gasteiger partial charge >= 0.3 is 0 Å². The van der Waals surface area contributed by atoms with E-state index in [1.807, 2.05) is 17.2 Å². The highest BCUT2D eigenvalue weighted by atomic mass is 19.1. The van der Waals surface area contributed by atoms with Crippen LogP contribution in [0.3, 0.4) is 0 Å². The summed E-state index contributed by atoms with van der Waals surface area (Å²) < 4.78 is 12.9. The first-order chi connectivity index (χ1) is 11.6. The van der Waals surface area contributed by atoms with Crippen LogP contribution in [-0.4, -0.2) is 52.4 Å². The molecule has 2 aromatic heterocycles. The van der Waals surface area contributed by atoms with Crippen molar-refractivity contribution in [3.63, 3.8) is 0 Å². The molecule has 0 radical (unpaired) electrons. The number of carbonyl (C=O) groups is 1. The largest absolute Gasteiger partial charge is 0.337 e. The van der Waals surface area contributed by atoms with E-state index >= 15 is 0 Å². The Kier molecular flexibility index (Phi) is 5.15. The van der Waals surface area contributed by atoms with Crippen LogP contribution >= 0.6 is 0 Å². The molecule has 1 unspecified atom stereocenters. The summed E-state index contributed by atoms with van der Waals surface area (Å²) in [6, 6.07) is 6.72. The van der Waals surface area contributed by atoms with Crippen LogP contribution in [0.5, 0.6) is 0 Å². The number of hydrogen-bond acceptors (Lipinski definition) is 4. The molecule has 1 saturated heterocycles. The van der Waals surface area contributed by atoms with E-state index in [0.717, 1.165) is 38.8 Å². The van der Waals surface area contributed by atoms with Crippen LogP contribution in [0.1, 0.15) is 22.5 Å². The summed E-state index contributed by atoms with van der Waals surface area (Å²) in [6.45, 7) is 3.21. The third-order valence-corrected chi connectivity index (χ3v) is 4.26. The number of rotatable bonds is 5. The summed E-state index contributed by atoms with van der Waals surface area (Å²) in [5.74, 6) is -0.105. The standard InChI is InChI=1S/C18H21FN4O/c1-22(11-14-3-2-7-20-9-14)12-15-6-8-23(13-15)18(24)17-5-4-16(19)10-21-17/h2-5,7,9-10,15H,6,8,11-13H2,1H3. The van der Waals surface area contributed by atoms with Crippen LogP contribution in [0, 0.1) is 11.7 Å². The molecule has 3 heterocycles. The fourth-order valence-electron chi connectivity index (χ4n) is 3.14. The number of hydrogen-bond donors (Lipinski definition) is 0. The van der Waals surface area contributed by atoms with Crippen molar-refractivity contribution in [3.8, 4) is 0 Å². The molecule has 1 amide bonds. The normalized spacial score (nSPS) is 17.5. The maximum atomic E-state index is 12.9. The van der Waals surface area contributed by atoms with Gasteiger partial charge in [-0.25, -0.2) is 9.37 Å². The molecule has 1 aliphatic heterocycles. The predicted octanol–water partition coefficient (Wildman–Crippen LogP) is 2.21. The van der Waals surface area contributed by atoms with E-state index in [4.69, 9.17) is 0 Å². The highest BCUT2D eigenvalue weighted by molar-refractivity contribution is 5.92. The van der Waals surface area contributed by atoms with Gasteiger partial charge in [0.15, 0.2) is 0 Å². The Morgan fingerprint density at radius 1 is 1.38 bits per heavy atom. The lowest BCUT2D eigenvalue weighted by molar-refractivity contribution is 0.0778. The monoisotopic (exact) mass is 328 g/mol. The minimum absolute atomic E-state index is 0.118. The summed E-state index contributed by atoms with van der Waals surface area (Å²) in [4.78, 5) is 24.5. The zero-order valence-corrected chi connectivity index (χ0v) is 13.7. The van der Waals surface area contributed by atoms with Crippen LogP contribution in [0.15, 0.2) is 42.9 Å². The first-order valence-corrected chi connectivity index (χ1v) is 8.10. The molecule has 2 aromatic rings. The molecule has 1 atom stereocenters. The summed E-state index contributed by atoms with van der Waals surface area (Å²) in [6.07, 6.45) is 5.71. The molecule has 126 valence electrons. The third-order valence-electron chi connectivity index (χ3n) is 4.26. The van der Waals surface area contributed by atoms with Crippen molar-refractivity contribution >= 4 is 5.91 Å². The Bertz CT molecular complexity index is 677. The number of carbonyl (C=O) groups excluding carboxylic acids is 1. The molecule has 1 aliphatic rings. The lowest BCUT2D eigenvalue weighted by Gasteiger charge is -2.21. The quantitative estimate of drug-likeness (QED) is 0.844. The van der Waals surface area contributed by atoms with Crippen molar-refractivity contribution < 1.29 is 9.18 Å². The number of nitrogens with zero attached hydrogens (tertiary/aromatic N) is 4. The Morgan fingerprint density at radius 2 is 2.25 bits per heavy atom. The Morgan fingerprint density at radius 3 is 2.96 bits per heavy atom. The second-order valence-corrected chi connectivity index (χ2v) is 6.33. The molecular weight excluding hydrogens is 307 g/mol. The topological polar surface area (TPSA) is 49.3 Å². The predicted molar refractivity (Wildman–Crippen MR) is 88.8 cm³/mol. The van der Waals surface area contributed by atoms with Gasteiger partial charge in [-0.15, -0.1) is 0 Å². The van der Waals surface area contributed by atoms with Crippen LogP contribution in [-0.2, 0) is 6.54 Å². The van der Waals surface area contributed by atoms with E-state index < -0.39 is 5.82 Å². The number of pyridine rings is 2. The number of likely N-dealkylation sites (tertiary alicyclic amines) is 1. The molecule has 6 heteroatoms. The molecule has 5 nitrogen and oxygen atoms in total. The van der Waals surface area contributed by atoms with Crippen LogP contribution in [0.2, 0.25) is 0 Å². The van der Waals surface area contributed by atoms with E-state index in [1.165, 1.54) is 17.7 Å². The fraction of sp³-hybridized carbons (Fsp3) is 0.389. The van der Waals surface area contributed by atoms with Gasteiger partial charge in [-0.2, -0.15) is 0 Å². The Balaban J connectivity index is 1.51. The minimum atomic E-state index is -0.428. The number of halogens is 1. The molecule has 0 spiro atoms. The molecule has 0 aliphatic carbocycles. The van der Waals surface area contributed by atoms with E-state index in [-0.39, 0.29) is 5.91 Å². The molecule has 1 fully saturated rings.